The van der Waals surface area contributed by atoms with Gasteiger partial charge in [-0.25, -0.2) is 0 Å². The molecule has 2 atom stereocenters. The number of ether oxygens (including phenoxy) is 1. The van der Waals surface area contributed by atoms with E-state index in [9.17, 15) is 31.1 Å². The molecule has 0 unspecified atom stereocenters. The Kier molecular flexibility index (Phi) is 9.02. The molecule has 1 aliphatic heterocycles. The third-order valence-corrected chi connectivity index (χ3v) is 5.76. The van der Waals surface area contributed by atoms with Crippen LogP contribution >= 0.6 is 0 Å². The van der Waals surface area contributed by atoms with Gasteiger partial charge in [0.1, 0.15) is 7.05 Å². The zero-order valence-corrected chi connectivity index (χ0v) is 21.6. The summed E-state index contributed by atoms with van der Waals surface area (Å²) in [5.41, 5.74) is -0.835. The van der Waals surface area contributed by atoms with Gasteiger partial charge in [-0.1, -0.05) is 4.80 Å². The molecule has 0 saturated heterocycles. The maximum absolute atomic E-state index is 13.4. The third kappa shape index (κ3) is 7.57. The highest BCUT2D eigenvalue weighted by molar-refractivity contribution is 5.55. The number of alkyl halides is 6. The first kappa shape index (κ1) is 29.6. The number of benzene rings is 1. The Bertz CT molecular complexity index is 1250. The SMILES string of the molecule is CCOC=O.Cc1ccc2c(n1)[C@@H](N(Cc1cc(C(F)(F)F)cc(C(F)(F)F)c1)c1n[nH][n+](C)n1)C[C@@H](C)N2. The van der Waals surface area contributed by atoms with E-state index in [1.807, 2.05) is 19.1 Å². The second-order valence-electron chi connectivity index (χ2n) is 8.91. The summed E-state index contributed by atoms with van der Waals surface area (Å²) >= 11 is 0. The van der Waals surface area contributed by atoms with Gasteiger partial charge in [-0.15, -0.1) is 0 Å². The van der Waals surface area contributed by atoms with Crippen molar-refractivity contribution in [2.45, 2.75) is 58.2 Å². The van der Waals surface area contributed by atoms with Gasteiger partial charge in [0.15, 0.2) is 0 Å². The number of halogens is 6. The number of tetrazole rings is 1. The normalized spacial score (nSPS) is 16.9. The lowest BCUT2D eigenvalue weighted by Crippen LogP contribution is -2.39. The number of H-pyrrole nitrogens is 1. The first-order chi connectivity index (χ1) is 18.2. The minimum Gasteiger partial charge on any atom is -0.468 e. The number of hydrogen-bond donors (Lipinski definition) is 2. The van der Waals surface area contributed by atoms with E-state index in [4.69, 9.17) is 0 Å². The quantitative estimate of drug-likeness (QED) is 0.260. The van der Waals surface area contributed by atoms with E-state index in [1.54, 1.807) is 25.8 Å². The van der Waals surface area contributed by atoms with Crippen LogP contribution in [0, 0.1) is 6.92 Å². The topological polar surface area (TPSA) is 99.9 Å². The summed E-state index contributed by atoms with van der Waals surface area (Å²) in [5, 5.41) is 14.3. The molecule has 15 heteroatoms. The number of fused-ring (bicyclic) bond motifs is 1. The van der Waals surface area contributed by atoms with Crippen LogP contribution in [0.25, 0.3) is 0 Å². The first-order valence-corrected chi connectivity index (χ1v) is 11.9. The highest BCUT2D eigenvalue weighted by Gasteiger charge is 2.39. The van der Waals surface area contributed by atoms with Gasteiger partial charge in [0, 0.05) is 23.4 Å². The predicted octanol–water partition coefficient (Wildman–Crippen LogP) is 4.50. The average Bonchev–Trinajstić information content (AvgIpc) is 3.28. The van der Waals surface area contributed by atoms with E-state index in [1.165, 1.54) is 4.80 Å². The smallest absolute Gasteiger partial charge is 0.416 e. The molecule has 1 aliphatic rings. The van der Waals surface area contributed by atoms with Crippen LogP contribution in [0.4, 0.5) is 38.0 Å². The van der Waals surface area contributed by atoms with Crippen LogP contribution in [0.2, 0.25) is 0 Å². The van der Waals surface area contributed by atoms with Crippen molar-refractivity contribution in [3.63, 3.8) is 0 Å². The molecule has 0 amide bonds. The van der Waals surface area contributed by atoms with Crippen LogP contribution in [0.15, 0.2) is 30.3 Å². The zero-order valence-electron chi connectivity index (χ0n) is 21.6. The molecule has 1 aromatic carbocycles. The number of anilines is 2. The Hall–Kier alpha value is -3.91. The monoisotopic (exact) mass is 560 g/mol. The number of carbonyl (C=O) groups excluding carboxylic acids is 1. The van der Waals surface area contributed by atoms with Crippen LogP contribution in [-0.4, -0.2) is 39.5 Å². The molecule has 2 N–H and O–H groups in total. The summed E-state index contributed by atoms with van der Waals surface area (Å²) in [4.78, 5) is 16.7. The lowest BCUT2D eigenvalue weighted by Gasteiger charge is -2.36. The van der Waals surface area contributed by atoms with E-state index in [0.717, 1.165) is 23.5 Å². The average molecular weight is 561 g/mol. The molecule has 2 aromatic heterocycles. The third-order valence-electron chi connectivity index (χ3n) is 5.76. The second-order valence-corrected chi connectivity index (χ2v) is 8.91. The number of aromatic amines is 1. The molecule has 0 aliphatic carbocycles. The number of aryl methyl sites for hydroxylation is 2. The second kappa shape index (κ2) is 11.9. The summed E-state index contributed by atoms with van der Waals surface area (Å²) in [6, 6.07) is 4.71. The van der Waals surface area contributed by atoms with Gasteiger partial charge in [0.2, 0.25) is 0 Å². The van der Waals surface area contributed by atoms with E-state index in [2.05, 4.69) is 30.4 Å². The summed E-state index contributed by atoms with van der Waals surface area (Å²) in [6.45, 7) is 6.10. The number of carbonyl (C=O) groups is 1. The molecule has 0 radical (unpaired) electrons. The van der Waals surface area contributed by atoms with Crippen LogP contribution < -0.4 is 15.0 Å². The fourth-order valence-electron chi connectivity index (χ4n) is 4.11. The van der Waals surface area contributed by atoms with E-state index >= 15 is 0 Å². The van der Waals surface area contributed by atoms with Crippen molar-refractivity contribution in [1.82, 2.24) is 20.4 Å². The van der Waals surface area contributed by atoms with Crippen molar-refractivity contribution in [1.29, 1.82) is 0 Å². The molecule has 39 heavy (non-hydrogen) atoms. The van der Waals surface area contributed by atoms with Crippen LogP contribution in [0.3, 0.4) is 0 Å². The largest absolute Gasteiger partial charge is 0.468 e. The van der Waals surface area contributed by atoms with Gasteiger partial charge in [0.05, 0.1) is 40.3 Å². The summed E-state index contributed by atoms with van der Waals surface area (Å²) in [6.07, 6.45) is -9.40. The molecule has 3 heterocycles. The van der Waals surface area contributed by atoms with Gasteiger partial charge < -0.3 is 15.0 Å². The zero-order chi connectivity index (χ0) is 29.0. The summed E-state index contributed by atoms with van der Waals surface area (Å²) < 4.78 is 84.6. The van der Waals surface area contributed by atoms with Crippen molar-refractivity contribution in [3.05, 3.63) is 58.4 Å². The molecule has 4 rings (SSSR count). The predicted molar refractivity (Wildman–Crippen MR) is 127 cm³/mol. The molecule has 0 bridgehead atoms. The Balaban J connectivity index is 0.000000771. The van der Waals surface area contributed by atoms with E-state index < -0.39 is 29.5 Å². The van der Waals surface area contributed by atoms with Crippen molar-refractivity contribution < 1.29 is 40.7 Å². The standard InChI is InChI=1S/C21H21F6N7.C3H6O2/c1-11-4-5-16-18(29-11)17(6-12(2)28-16)34(19-30-32-33(3)31-19)10-13-7-14(20(22,23)24)9-15(8-13)21(25,26)27;1-2-5-3-4/h4-5,7-9,12,17,28H,6,10H2,1-3H3;3H,2H2,1H3/p+1/t12-,17+;/m1./s1. The number of aromatic nitrogens is 5. The molecular formula is C24H28F6N7O2+. The Labute approximate surface area is 220 Å². The van der Waals surface area contributed by atoms with Crippen molar-refractivity contribution >= 4 is 18.1 Å². The van der Waals surface area contributed by atoms with Crippen molar-refractivity contribution in [3.8, 4) is 0 Å². The Morgan fingerprint density at radius 1 is 1.13 bits per heavy atom. The minimum atomic E-state index is -4.94. The molecule has 9 nitrogen and oxygen atoms in total. The molecular weight excluding hydrogens is 532 g/mol. The minimum absolute atomic E-state index is 0.0376. The van der Waals surface area contributed by atoms with Gasteiger partial charge in [0.25, 0.3) is 6.47 Å². The fourth-order valence-corrected chi connectivity index (χ4v) is 4.11. The maximum atomic E-state index is 13.4. The molecule has 3 aromatic rings. The number of hydrogen-bond acceptors (Lipinski definition) is 7. The molecule has 0 saturated carbocycles. The molecule has 0 spiro atoms. The summed E-state index contributed by atoms with van der Waals surface area (Å²) in [5.74, 6) is 0.127. The number of nitrogens with zero attached hydrogens (tertiary/aromatic N) is 5. The highest BCUT2D eigenvalue weighted by atomic mass is 19.4. The van der Waals surface area contributed by atoms with Gasteiger partial charge in [-0.05, 0) is 68.3 Å². The van der Waals surface area contributed by atoms with Crippen LogP contribution in [0.5, 0.6) is 0 Å². The highest BCUT2D eigenvalue weighted by Crippen LogP contribution is 2.40. The van der Waals surface area contributed by atoms with Gasteiger partial charge >= 0.3 is 18.3 Å². The number of rotatable bonds is 6. The lowest BCUT2D eigenvalue weighted by molar-refractivity contribution is -0.783. The Morgan fingerprint density at radius 3 is 2.26 bits per heavy atom. The van der Waals surface area contributed by atoms with E-state index in [0.29, 0.717) is 25.2 Å². The first-order valence-electron chi connectivity index (χ1n) is 11.9. The maximum Gasteiger partial charge on any atom is 0.416 e. The van der Waals surface area contributed by atoms with Crippen molar-refractivity contribution in [2.24, 2.45) is 7.05 Å². The number of pyridine rings is 1. The van der Waals surface area contributed by atoms with Crippen LogP contribution in [0.1, 0.15) is 54.4 Å². The molecule has 212 valence electrons. The molecule has 0 fully saturated rings. The van der Waals surface area contributed by atoms with Gasteiger partial charge in [-0.3, -0.25) is 9.78 Å². The number of nitrogens with one attached hydrogen (secondary N) is 2. The van der Waals surface area contributed by atoms with Gasteiger partial charge in [-0.2, -0.15) is 26.3 Å². The fraction of sp³-hybridized carbons (Fsp3) is 0.458. The Morgan fingerprint density at radius 2 is 1.77 bits per heavy atom. The van der Waals surface area contributed by atoms with E-state index in [-0.39, 0.29) is 30.2 Å². The lowest BCUT2D eigenvalue weighted by atomic mass is 9.95. The summed E-state index contributed by atoms with van der Waals surface area (Å²) in [7, 11) is 1.57. The van der Waals surface area contributed by atoms with Crippen LogP contribution in [-0.2, 0) is 35.5 Å². The van der Waals surface area contributed by atoms with Crippen molar-refractivity contribution in [2.75, 3.05) is 16.8 Å².